The highest BCUT2D eigenvalue weighted by molar-refractivity contribution is 5.93. The normalized spacial score (nSPS) is 16.2. The average molecular weight is 251 g/mol. The number of ether oxygens (including phenoxy) is 1. The molecule has 0 radical (unpaired) electrons. The molecule has 0 atom stereocenters. The molecule has 1 aromatic rings. The number of hydrogen-bond acceptors (Lipinski definition) is 5. The fourth-order valence-corrected chi connectivity index (χ4v) is 1.53. The van der Waals surface area contributed by atoms with E-state index in [9.17, 15) is 9.59 Å². The first-order valence-corrected chi connectivity index (χ1v) is 5.50. The van der Waals surface area contributed by atoms with Crippen molar-refractivity contribution in [1.29, 1.82) is 0 Å². The van der Waals surface area contributed by atoms with Gasteiger partial charge in [-0.3, -0.25) is 15.2 Å². The van der Waals surface area contributed by atoms with Gasteiger partial charge in [-0.2, -0.15) is 0 Å². The van der Waals surface area contributed by atoms with E-state index in [0.717, 1.165) is 6.20 Å². The summed E-state index contributed by atoms with van der Waals surface area (Å²) in [6, 6.07) is 2.74. The van der Waals surface area contributed by atoms with Gasteiger partial charge >= 0.3 is 5.97 Å². The summed E-state index contributed by atoms with van der Waals surface area (Å²) in [5, 5.41) is 10.5. The quantitative estimate of drug-likeness (QED) is 0.770. The van der Waals surface area contributed by atoms with Crippen molar-refractivity contribution >= 4 is 11.9 Å². The molecule has 2 N–H and O–H groups in total. The molecule has 2 rings (SSSR count). The second-order valence-electron chi connectivity index (χ2n) is 3.78. The van der Waals surface area contributed by atoms with Crippen molar-refractivity contribution < 1.29 is 19.4 Å². The topological polar surface area (TPSA) is 91.8 Å². The third-order valence-corrected chi connectivity index (χ3v) is 2.51. The van der Waals surface area contributed by atoms with E-state index in [2.05, 4.69) is 10.4 Å². The third-order valence-electron chi connectivity index (χ3n) is 2.51. The summed E-state index contributed by atoms with van der Waals surface area (Å²) >= 11 is 0. The number of aromatic nitrogens is 1. The smallest absolute Gasteiger partial charge is 0.337 e. The molecule has 1 fully saturated rings. The van der Waals surface area contributed by atoms with Crippen LogP contribution in [0.5, 0.6) is 0 Å². The molecule has 7 heteroatoms. The van der Waals surface area contributed by atoms with Crippen LogP contribution in [-0.2, 0) is 4.74 Å². The second-order valence-corrected chi connectivity index (χ2v) is 3.78. The number of hydrazine groups is 1. The fourth-order valence-electron chi connectivity index (χ4n) is 1.53. The van der Waals surface area contributed by atoms with E-state index in [4.69, 9.17) is 9.84 Å². The maximum atomic E-state index is 11.8. The Balaban J connectivity index is 1.97. The molecule has 0 saturated carbocycles. The van der Waals surface area contributed by atoms with Gasteiger partial charge in [-0.05, 0) is 12.1 Å². The number of carboxylic acid groups (broad SMARTS) is 1. The predicted molar refractivity (Wildman–Crippen MR) is 61.1 cm³/mol. The van der Waals surface area contributed by atoms with E-state index in [1.54, 1.807) is 5.01 Å². The van der Waals surface area contributed by atoms with E-state index in [0.29, 0.717) is 26.3 Å². The highest BCUT2D eigenvalue weighted by atomic mass is 16.5. The van der Waals surface area contributed by atoms with Crippen LogP contribution in [0.25, 0.3) is 0 Å². The molecular formula is C11H13N3O4. The molecule has 1 amide bonds. The first-order chi connectivity index (χ1) is 8.66. The van der Waals surface area contributed by atoms with Crippen molar-refractivity contribution in [3.63, 3.8) is 0 Å². The highest BCUT2D eigenvalue weighted by Crippen LogP contribution is 2.01. The Morgan fingerprint density at radius 1 is 1.33 bits per heavy atom. The fraction of sp³-hybridized carbons (Fsp3) is 0.364. The van der Waals surface area contributed by atoms with Crippen LogP contribution in [0.15, 0.2) is 18.3 Å². The monoisotopic (exact) mass is 251 g/mol. The number of hydrogen-bond donors (Lipinski definition) is 2. The molecule has 1 aliphatic heterocycles. The van der Waals surface area contributed by atoms with Gasteiger partial charge in [0.2, 0.25) is 0 Å². The van der Waals surface area contributed by atoms with Gasteiger partial charge in [-0.25, -0.2) is 9.80 Å². The molecule has 2 heterocycles. The predicted octanol–water partition coefficient (Wildman–Crippen LogP) is -0.243. The number of amides is 1. The maximum absolute atomic E-state index is 11.8. The Labute approximate surface area is 103 Å². The zero-order chi connectivity index (χ0) is 13.0. The van der Waals surface area contributed by atoms with E-state index in [-0.39, 0.29) is 17.2 Å². The van der Waals surface area contributed by atoms with Crippen molar-refractivity contribution in [2.45, 2.75) is 0 Å². The lowest BCUT2D eigenvalue weighted by Gasteiger charge is -2.26. The Morgan fingerprint density at radius 3 is 2.61 bits per heavy atom. The summed E-state index contributed by atoms with van der Waals surface area (Å²) in [6.45, 7) is 2.40. The third kappa shape index (κ3) is 3.02. The Hall–Kier alpha value is -1.99. The number of rotatable bonds is 3. The van der Waals surface area contributed by atoms with Gasteiger partial charge in [0, 0.05) is 19.3 Å². The van der Waals surface area contributed by atoms with Crippen LogP contribution in [0.4, 0.5) is 0 Å². The number of nitrogens with zero attached hydrogens (tertiary/aromatic N) is 2. The largest absolute Gasteiger partial charge is 0.478 e. The Morgan fingerprint density at radius 2 is 2.06 bits per heavy atom. The minimum atomic E-state index is -1.07. The average Bonchev–Trinajstić information content (AvgIpc) is 2.40. The standard InChI is InChI=1S/C11H13N3O4/c15-10(13-14-3-5-18-6-4-14)9-2-1-8(7-12-9)11(16)17/h1-2,7H,3-6H2,(H,13,15)(H,16,17). The molecule has 7 nitrogen and oxygen atoms in total. The summed E-state index contributed by atoms with van der Waals surface area (Å²) < 4.78 is 5.16. The van der Waals surface area contributed by atoms with Gasteiger partial charge in [0.25, 0.3) is 5.91 Å². The number of carboxylic acids is 1. The van der Waals surface area contributed by atoms with E-state index in [1.807, 2.05) is 0 Å². The van der Waals surface area contributed by atoms with Crippen molar-refractivity contribution in [1.82, 2.24) is 15.4 Å². The van der Waals surface area contributed by atoms with Crippen molar-refractivity contribution in [3.05, 3.63) is 29.6 Å². The minimum absolute atomic E-state index is 0.0536. The Bertz CT molecular complexity index is 440. The van der Waals surface area contributed by atoms with Crippen LogP contribution in [0, 0.1) is 0 Å². The molecular weight excluding hydrogens is 238 g/mol. The number of carbonyl (C=O) groups excluding carboxylic acids is 1. The zero-order valence-electron chi connectivity index (χ0n) is 9.63. The molecule has 96 valence electrons. The number of morpholine rings is 1. The molecule has 0 aliphatic carbocycles. The van der Waals surface area contributed by atoms with Crippen molar-refractivity contribution in [3.8, 4) is 0 Å². The summed E-state index contributed by atoms with van der Waals surface area (Å²) in [5.74, 6) is -1.42. The van der Waals surface area contributed by atoms with Crippen molar-refractivity contribution in [2.75, 3.05) is 26.3 Å². The van der Waals surface area contributed by atoms with E-state index >= 15 is 0 Å². The molecule has 0 bridgehead atoms. The van der Waals surface area contributed by atoms with E-state index in [1.165, 1.54) is 12.1 Å². The lowest BCUT2D eigenvalue weighted by atomic mass is 10.2. The van der Waals surface area contributed by atoms with Gasteiger partial charge in [-0.15, -0.1) is 0 Å². The van der Waals surface area contributed by atoms with Crippen LogP contribution >= 0.6 is 0 Å². The molecule has 0 spiro atoms. The summed E-state index contributed by atoms with van der Waals surface area (Å²) in [7, 11) is 0. The number of nitrogens with one attached hydrogen (secondary N) is 1. The summed E-state index contributed by atoms with van der Waals surface area (Å²) in [6.07, 6.45) is 1.16. The second kappa shape index (κ2) is 5.56. The molecule has 1 aliphatic rings. The summed E-state index contributed by atoms with van der Waals surface area (Å²) in [5.41, 5.74) is 2.93. The van der Waals surface area contributed by atoms with Crippen LogP contribution in [0.2, 0.25) is 0 Å². The summed E-state index contributed by atoms with van der Waals surface area (Å²) in [4.78, 5) is 26.2. The van der Waals surface area contributed by atoms with Gasteiger partial charge in [0.15, 0.2) is 0 Å². The first kappa shape index (κ1) is 12.5. The number of pyridine rings is 1. The SMILES string of the molecule is O=C(O)c1ccc(C(=O)NN2CCOCC2)nc1. The lowest BCUT2D eigenvalue weighted by Crippen LogP contribution is -2.48. The minimum Gasteiger partial charge on any atom is -0.478 e. The lowest BCUT2D eigenvalue weighted by molar-refractivity contribution is 0.0124. The van der Waals surface area contributed by atoms with E-state index < -0.39 is 5.97 Å². The maximum Gasteiger partial charge on any atom is 0.337 e. The highest BCUT2D eigenvalue weighted by Gasteiger charge is 2.15. The van der Waals surface area contributed by atoms with Gasteiger partial charge in [0.1, 0.15) is 5.69 Å². The van der Waals surface area contributed by atoms with Gasteiger partial charge in [-0.1, -0.05) is 0 Å². The van der Waals surface area contributed by atoms with Crippen LogP contribution in [-0.4, -0.2) is 53.3 Å². The number of aromatic carboxylic acids is 1. The molecule has 0 aromatic carbocycles. The van der Waals surface area contributed by atoms with Crippen LogP contribution < -0.4 is 5.43 Å². The van der Waals surface area contributed by atoms with Crippen molar-refractivity contribution in [2.24, 2.45) is 0 Å². The number of carbonyl (C=O) groups is 2. The van der Waals surface area contributed by atoms with Crippen LogP contribution in [0.1, 0.15) is 20.8 Å². The molecule has 0 unspecified atom stereocenters. The van der Waals surface area contributed by atoms with Gasteiger partial charge in [0.05, 0.1) is 18.8 Å². The van der Waals surface area contributed by atoms with Gasteiger partial charge < -0.3 is 9.84 Å². The molecule has 1 aromatic heterocycles. The Kier molecular flexibility index (Phi) is 3.85. The molecule has 18 heavy (non-hydrogen) atoms. The zero-order valence-corrected chi connectivity index (χ0v) is 9.63. The van der Waals surface area contributed by atoms with Crippen LogP contribution in [0.3, 0.4) is 0 Å². The first-order valence-electron chi connectivity index (χ1n) is 5.50. The molecule has 1 saturated heterocycles.